The van der Waals surface area contributed by atoms with E-state index < -0.39 is 18.0 Å². The van der Waals surface area contributed by atoms with Crippen molar-refractivity contribution in [3.63, 3.8) is 0 Å². The molecule has 2 heterocycles. The molecule has 1 unspecified atom stereocenters. The van der Waals surface area contributed by atoms with Crippen LogP contribution in [0.4, 0.5) is 5.69 Å². The molecule has 0 spiro atoms. The lowest BCUT2D eigenvalue weighted by atomic mass is 10.0. The first-order chi connectivity index (χ1) is 15.8. The zero-order chi connectivity index (χ0) is 23.7. The number of methoxy groups -OCH3 is 1. The van der Waals surface area contributed by atoms with Crippen molar-refractivity contribution in [2.24, 2.45) is 0 Å². The SMILES string of the molecule is COc1ccc2c(c1)c(C(C(=O)O)N1CCN(c3ccc(C)cc3C)CC1)cn2CC(=O)O. The Kier molecular flexibility index (Phi) is 6.29. The third-order valence-electron chi connectivity index (χ3n) is 6.33. The van der Waals surface area contributed by atoms with E-state index in [9.17, 15) is 19.8 Å². The van der Waals surface area contributed by atoms with Gasteiger partial charge < -0.3 is 24.4 Å². The molecule has 0 aliphatic carbocycles. The molecule has 0 bridgehead atoms. The van der Waals surface area contributed by atoms with E-state index in [1.165, 1.54) is 16.8 Å². The predicted molar refractivity (Wildman–Crippen MR) is 126 cm³/mol. The Balaban J connectivity index is 1.65. The number of ether oxygens (including phenoxy) is 1. The van der Waals surface area contributed by atoms with Gasteiger partial charge in [-0.2, -0.15) is 0 Å². The average Bonchev–Trinajstić information content (AvgIpc) is 3.11. The van der Waals surface area contributed by atoms with Gasteiger partial charge in [0.1, 0.15) is 18.3 Å². The second kappa shape index (κ2) is 9.15. The minimum atomic E-state index is -0.983. The first kappa shape index (κ1) is 22.7. The van der Waals surface area contributed by atoms with Crippen molar-refractivity contribution in [2.75, 3.05) is 38.2 Å². The number of piperazine rings is 1. The highest BCUT2D eigenvalue weighted by Crippen LogP contribution is 2.34. The van der Waals surface area contributed by atoms with Gasteiger partial charge in [0.2, 0.25) is 0 Å². The van der Waals surface area contributed by atoms with Crippen LogP contribution in [0.3, 0.4) is 0 Å². The molecule has 1 saturated heterocycles. The van der Waals surface area contributed by atoms with Crippen LogP contribution in [0.1, 0.15) is 22.7 Å². The molecule has 8 nitrogen and oxygen atoms in total. The number of aromatic nitrogens is 1. The number of carbonyl (C=O) groups is 2. The topological polar surface area (TPSA) is 95.2 Å². The Labute approximate surface area is 192 Å². The van der Waals surface area contributed by atoms with Crippen LogP contribution in [-0.2, 0) is 16.1 Å². The van der Waals surface area contributed by atoms with Gasteiger partial charge in [0.15, 0.2) is 0 Å². The number of carboxylic acids is 2. The normalized spacial score (nSPS) is 15.5. The molecule has 1 aliphatic heterocycles. The Morgan fingerprint density at radius 2 is 1.76 bits per heavy atom. The number of rotatable bonds is 7. The lowest BCUT2D eigenvalue weighted by molar-refractivity contribution is -0.143. The smallest absolute Gasteiger partial charge is 0.325 e. The molecule has 1 aliphatic rings. The van der Waals surface area contributed by atoms with E-state index in [1.807, 2.05) is 4.90 Å². The molecule has 0 amide bonds. The van der Waals surface area contributed by atoms with Crippen molar-refractivity contribution < 1.29 is 24.5 Å². The first-order valence-electron chi connectivity index (χ1n) is 11.0. The van der Waals surface area contributed by atoms with E-state index in [-0.39, 0.29) is 6.54 Å². The molecule has 2 N–H and O–H groups in total. The van der Waals surface area contributed by atoms with Gasteiger partial charge in [-0.05, 0) is 43.7 Å². The molecule has 3 aromatic rings. The molecule has 1 aromatic heterocycles. The average molecular weight is 452 g/mol. The van der Waals surface area contributed by atoms with Crippen LogP contribution in [0.15, 0.2) is 42.6 Å². The first-order valence-corrected chi connectivity index (χ1v) is 11.0. The highest BCUT2D eigenvalue weighted by molar-refractivity contribution is 5.91. The summed E-state index contributed by atoms with van der Waals surface area (Å²) >= 11 is 0. The minimum Gasteiger partial charge on any atom is -0.497 e. The number of fused-ring (bicyclic) bond motifs is 1. The Hall–Kier alpha value is -3.52. The van der Waals surface area contributed by atoms with Crippen molar-refractivity contribution in [1.29, 1.82) is 0 Å². The van der Waals surface area contributed by atoms with E-state index in [1.54, 1.807) is 36.1 Å². The summed E-state index contributed by atoms with van der Waals surface area (Å²) in [6, 6.07) is 10.8. The summed E-state index contributed by atoms with van der Waals surface area (Å²) < 4.78 is 6.93. The van der Waals surface area contributed by atoms with Crippen LogP contribution in [0, 0.1) is 13.8 Å². The van der Waals surface area contributed by atoms with Gasteiger partial charge in [-0.25, -0.2) is 0 Å². The lowest BCUT2D eigenvalue weighted by Gasteiger charge is -2.39. The second-order valence-electron chi connectivity index (χ2n) is 8.54. The highest BCUT2D eigenvalue weighted by Gasteiger charge is 2.33. The van der Waals surface area contributed by atoms with Crippen molar-refractivity contribution >= 4 is 28.5 Å². The van der Waals surface area contributed by atoms with Crippen LogP contribution >= 0.6 is 0 Å². The van der Waals surface area contributed by atoms with E-state index in [0.717, 1.165) is 0 Å². The van der Waals surface area contributed by atoms with Crippen molar-refractivity contribution in [2.45, 2.75) is 26.4 Å². The molecule has 1 atom stereocenters. The predicted octanol–water partition coefficient (Wildman–Crippen LogP) is 3.30. The molecule has 0 saturated carbocycles. The third-order valence-corrected chi connectivity index (χ3v) is 6.33. The molecule has 1 fully saturated rings. The van der Waals surface area contributed by atoms with E-state index >= 15 is 0 Å². The van der Waals surface area contributed by atoms with E-state index in [2.05, 4.69) is 36.9 Å². The summed E-state index contributed by atoms with van der Waals surface area (Å²) in [6.07, 6.45) is 1.66. The van der Waals surface area contributed by atoms with Crippen LogP contribution in [0.25, 0.3) is 10.9 Å². The summed E-state index contributed by atoms with van der Waals surface area (Å²) in [5.41, 5.74) is 4.86. The van der Waals surface area contributed by atoms with Crippen molar-refractivity contribution in [3.8, 4) is 5.75 Å². The van der Waals surface area contributed by atoms with Gasteiger partial charge in [-0.15, -0.1) is 0 Å². The molecule has 4 rings (SSSR count). The molecular formula is C25H29N3O5. The maximum Gasteiger partial charge on any atom is 0.325 e. The lowest BCUT2D eigenvalue weighted by Crippen LogP contribution is -2.49. The van der Waals surface area contributed by atoms with Gasteiger partial charge in [0, 0.05) is 54.5 Å². The van der Waals surface area contributed by atoms with E-state index in [4.69, 9.17) is 4.74 Å². The monoisotopic (exact) mass is 451 g/mol. The quantitative estimate of drug-likeness (QED) is 0.569. The fraction of sp³-hybridized carbons (Fsp3) is 0.360. The van der Waals surface area contributed by atoms with Crippen molar-refractivity contribution in [3.05, 3.63) is 59.3 Å². The van der Waals surface area contributed by atoms with E-state index in [0.29, 0.717) is 48.4 Å². The van der Waals surface area contributed by atoms with Gasteiger partial charge in [-0.3, -0.25) is 14.5 Å². The number of aliphatic carboxylic acids is 2. The molecule has 0 radical (unpaired) electrons. The zero-order valence-electron chi connectivity index (χ0n) is 19.1. The maximum absolute atomic E-state index is 12.5. The van der Waals surface area contributed by atoms with Gasteiger partial charge >= 0.3 is 11.9 Å². The summed E-state index contributed by atoms with van der Waals surface area (Å²) in [5, 5.41) is 20.2. The molecule has 174 valence electrons. The number of aryl methyl sites for hydroxylation is 2. The van der Waals surface area contributed by atoms with Gasteiger partial charge in [0.25, 0.3) is 0 Å². The number of benzene rings is 2. The van der Waals surface area contributed by atoms with Gasteiger partial charge in [0.05, 0.1) is 7.11 Å². The molecule has 33 heavy (non-hydrogen) atoms. The summed E-state index contributed by atoms with van der Waals surface area (Å²) in [7, 11) is 1.55. The number of anilines is 1. The molecule has 2 aromatic carbocycles. The van der Waals surface area contributed by atoms with Gasteiger partial charge in [-0.1, -0.05) is 17.7 Å². The van der Waals surface area contributed by atoms with Crippen LogP contribution in [0.5, 0.6) is 5.75 Å². The molecular weight excluding hydrogens is 422 g/mol. The third kappa shape index (κ3) is 4.52. The largest absolute Gasteiger partial charge is 0.497 e. The van der Waals surface area contributed by atoms with Crippen molar-refractivity contribution in [1.82, 2.24) is 9.47 Å². The Morgan fingerprint density at radius 3 is 2.36 bits per heavy atom. The summed E-state index contributed by atoms with van der Waals surface area (Å²) in [4.78, 5) is 28.1. The van der Waals surface area contributed by atoms with Crippen LogP contribution in [0.2, 0.25) is 0 Å². The Morgan fingerprint density at radius 1 is 1.03 bits per heavy atom. The number of hydrogen-bond donors (Lipinski definition) is 2. The Bertz CT molecular complexity index is 1190. The highest BCUT2D eigenvalue weighted by atomic mass is 16.5. The number of nitrogens with zero attached hydrogens (tertiary/aromatic N) is 3. The summed E-state index contributed by atoms with van der Waals surface area (Å²) in [6.45, 7) is 6.52. The fourth-order valence-corrected chi connectivity index (χ4v) is 4.79. The molecule has 8 heteroatoms. The maximum atomic E-state index is 12.5. The van der Waals surface area contributed by atoms with Crippen LogP contribution < -0.4 is 9.64 Å². The number of carboxylic acid groups (broad SMARTS) is 2. The fourth-order valence-electron chi connectivity index (χ4n) is 4.79. The zero-order valence-corrected chi connectivity index (χ0v) is 19.1. The second-order valence-corrected chi connectivity index (χ2v) is 8.54. The summed E-state index contributed by atoms with van der Waals surface area (Å²) in [5.74, 6) is -1.34. The standard InChI is InChI=1S/C25H29N3O5/c1-16-4-6-21(17(2)12-16)26-8-10-27(11-9-26)24(25(31)32)20-14-28(15-23(29)30)22-7-5-18(33-3)13-19(20)22/h4-7,12-14,24H,8-11,15H2,1-3H3,(H,29,30)(H,31,32). The minimum absolute atomic E-state index is 0.240. The number of hydrogen-bond acceptors (Lipinski definition) is 5. The van der Waals surface area contributed by atoms with Crippen LogP contribution in [-0.4, -0.2) is 64.9 Å².